The molecule has 1 unspecified atom stereocenters. The number of carbonyl (C=O) groups excluding carboxylic acids is 1. The number of hydrogen-bond acceptors (Lipinski definition) is 3. The Hall–Kier alpha value is -2.04. The van der Waals surface area contributed by atoms with Gasteiger partial charge in [-0.25, -0.2) is 0 Å². The smallest absolute Gasteiger partial charge is 0.250 e. The highest BCUT2D eigenvalue weighted by atomic mass is 35.5. The molecule has 0 saturated carbocycles. The third-order valence-electron chi connectivity index (χ3n) is 3.25. The van der Waals surface area contributed by atoms with E-state index >= 15 is 0 Å². The average Bonchev–Trinajstić information content (AvgIpc) is 2.49. The van der Waals surface area contributed by atoms with Crippen molar-refractivity contribution in [3.63, 3.8) is 0 Å². The van der Waals surface area contributed by atoms with E-state index in [0.29, 0.717) is 22.8 Å². The van der Waals surface area contributed by atoms with Gasteiger partial charge in [-0.3, -0.25) is 4.79 Å². The maximum absolute atomic E-state index is 11.4. The van der Waals surface area contributed by atoms with Crippen LogP contribution in [0, 0.1) is 0 Å². The summed E-state index contributed by atoms with van der Waals surface area (Å²) in [5, 5.41) is 3.66. The third kappa shape index (κ3) is 4.21. The highest BCUT2D eigenvalue weighted by molar-refractivity contribution is 6.31. The standard InChI is InChI=1S/C16H18ClN3O/c17-12-6-7-15(13(10-12)16(19)21)20-9-8-14(18)11-4-2-1-3-5-11/h1-7,10,14,20H,8-9,18H2,(H2,19,21). The maximum Gasteiger partial charge on any atom is 0.250 e. The van der Waals surface area contributed by atoms with Gasteiger partial charge in [0.2, 0.25) is 0 Å². The molecule has 1 amide bonds. The van der Waals surface area contributed by atoms with Gasteiger partial charge in [0.1, 0.15) is 0 Å². The molecule has 21 heavy (non-hydrogen) atoms. The van der Waals surface area contributed by atoms with Gasteiger partial charge in [-0.15, -0.1) is 0 Å². The summed E-state index contributed by atoms with van der Waals surface area (Å²) in [7, 11) is 0. The van der Waals surface area contributed by atoms with Gasteiger partial charge < -0.3 is 16.8 Å². The van der Waals surface area contributed by atoms with Crippen LogP contribution in [0.15, 0.2) is 48.5 Å². The maximum atomic E-state index is 11.4. The first kappa shape index (κ1) is 15.4. The lowest BCUT2D eigenvalue weighted by Crippen LogP contribution is -2.18. The van der Waals surface area contributed by atoms with Gasteiger partial charge in [0, 0.05) is 23.3 Å². The lowest BCUT2D eigenvalue weighted by atomic mass is 10.0. The number of nitrogens with two attached hydrogens (primary N) is 2. The van der Waals surface area contributed by atoms with Gasteiger partial charge in [-0.2, -0.15) is 0 Å². The summed E-state index contributed by atoms with van der Waals surface area (Å²) in [6, 6.07) is 14.9. The highest BCUT2D eigenvalue weighted by Crippen LogP contribution is 2.21. The molecule has 0 aromatic heterocycles. The molecule has 4 nitrogen and oxygen atoms in total. The van der Waals surface area contributed by atoms with E-state index in [4.69, 9.17) is 23.1 Å². The molecule has 0 heterocycles. The summed E-state index contributed by atoms with van der Waals surface area (Å²) in [5.74, 6) is -0.507. The van der Waals surface area contributed by atoms with Crippen molar-refractivity contribution in [2.45, 2.75) is 12.5 Å². The first-order chi connectivity index (χ1) is 10.1. The summed E-state index contributed by atoms with van der Waals surface area (Å²) in [6.07, 6.45) is 0.741. The monoisotopic (exact) mass is 303 g/mol. The van der Waals surface area contributed by atoms with Crippen molar-refractivity contribution in [2.75, 3.05) is 11.9 Å². The fraction of sp³-hybridized carbons (Fsp3) is 0.188. The number of hydrogen-bond donors (Lipinski definition) is 3. The van der Waals surface area contributed by atoms with Gasteiger partial charge in [0.05, 0.1) is 5.56 Å². The minimum Gasteiger partial charge on any atom is -0.384 e. The van der Waals surface area contributed by atoms with E-state index in [1.54, 1.807) is 18.2 Å². The topological polar surface area (TPSA) is 81.1 Å². The number of carbonyl (C=O) groups is 1. The summed E-state index contributed by atoms with van der Waals surface area (Å²) in [5.41, 5.74) is 13.6. The minimum absolute atomic E-state index is 0.0528. The van der Waals surface area contributed by atoms with Crippen molar-refractivity contribution in [1.29, 1.82) is 0 Å². The average molecular weight is 304 g/mol. The zero-order valence-corrected chi connectivity index (χ0v) is 12.3. The van der Waals surface area contributed by atoms with Crippen molar-refractivity contribution in [2.24, 2.45) is 11.5 Å². The Labute approximate surface area is 129 Å². The van der Waals surface area contributed by atoms with Crippen LogP contribution in [0.4, 0.5) is 5.69 Å². The summed E-state index contributed by atoms with van der Waals surface area (Å²) in [6.45, 7) is 0.637. The lowest BCUT2D eigenvalue weighted by Gasteiger charge is -2.14. The number of rotatable bonds is 6. The lowest BCUT2D eigenvalue weighted by molar-refractivity contribution is 0.100. The normalized spacial score (nSPS) is 11.9. The predicted octanol–water partition coefficient (Wildman–Crippen LogP) is 2.94. The Bertz CT molecular complexity index is 616. The van der Waals surface area contributed by atoms with E-state index in [9.17, 15) is 4.79 Å². The molecule has 0 aliphatic carbocycles. The van der Waals surface area contributed by atoms with Crippen molar-refractivity contribution in [3.8, 4) is 0 Å². The molecule has 0 bridgehead atoms. The van der Waals surface area contributed by atoms with Crippen molar-refractivity contribution in [3.05, 3.63) is 64.7 Å². The fourth-order valence-corrected chi connectivity index (χ4v) is 2.28. The predicted molar refractivity (Wildman–Crippen MR) is 86.4 cm³/mol. The van der Waals surface area contributed by atoms with E-state index in [2.05, 4.69) is 5.32 Å². The van der Waals surface area contributed by atoms with Gasteiger partial charge in [-0.1, -0.05) is 41.9 Å². The van der Waals surface area contributed by atoms with E-state index in [1.165, 1.54) is 0 Å². The van der Waals surface area contributed by atoms with Crippen LogP contribution in [0.25, 0.3) is 0 Å². The van der Waals surface area contributed by atoms with Crippen molar-refractivity contribution < 1.29 is 4.79 Å². The molecule has 110 valence electrons. The zero-order chi connectivity index (χ0) is 15.2. The number of nitrogens with one attached hydrogen (secondary N) is 1. The third-order valence-corrected chi connectivity index (χ3v) is 3.48. The van der Waals surface area contributed by atoms with Gasteiger partial charge in [-0.05, 0) is 30.2 Å². The molecule has 0 radical (unpaired) electrons. The van der Waals surface area contributed by atoms with Crippen molar-refractivity contribution in [1.82, 2.24) is 0 Å². The Morgan fingerprint density at radius 1 is 1.19 bits per heavy atom. The number of halogens is 1. The molecular formula is C16H18ClN3O. The van der Waals surface area contributed by atoms with Crippen molar-refractivity contribution >= 4 is 23.2 Å². The second-order valence-electron chi connectivity index (χ2n) is 4.79. The largest absolute Gasteiger partial charge is 0.384 e. The molecule has 2 aromatic rings. The quantitative estimate of drug-likeness (QED) is 0.767. The molecule has 5 N–H and O–H groups in total. The van der Waals surface area contributed by atoms with E-state index in [1.807, 2.05) is 30.3 Å². The van der Waals surface area contributed by atoms with E-state index in [0.717, 1.165) is 12.0 Å². The number of benzene rings is 2. The van der Waals surface area contributed by atoms with Crippen LogP contribution in [0.1, 0.15) is 28.4 Å². The van der Waals surface area contributed by atoms with Crippen LogP contribution >= 0.6 is 11.6 Å². The van der Waals surface area contributed by atoms with Gasteiger partial charge in [0.15, 0.2) is 0 Å². The first-order valence-corrected chi connectivity index (χ1v) is 7.09. The van der Waals surface area contributed by atoms with Crippen LogP contribution in [0.5, 0.6) is 0 Å². The molecule has 2 aromatic carbocycles. The second-order valence-corrected chi connectivity index (χ2v) is 5.22. The Balaban J connectivity index is 1.96. The SMILES string of the molecule is NC(=O)c1cc(Cl)ccc1NCCC(N)c1ccccc1. The van der Waals surface area contributed by atoms with E-state index < -0.39 is 5.91 Å². The van der Waals surface area contributed by atoms with Crippen LogP contribution in [0.3, 0.4) is 0 Å². The van der Waals surface area contributed by atoms with Crippen LogP contribution in [-0.4, -0.2) is 12.5 Å². The summed E-state index contributed by atoms with van der Waals surface area (Å²) < 4.78 is 0. The molecule has 0 aliphatic heterocycles. The van der Waals surface area contributed by atoms with Crippen LogP contribution < -0.4 is 16.8 Å². The van der Waals surface area contributed by atoms with E-state index in [-0.39, 0.29) is 6.04 Å². The molecule has 5 heteroatoms. The first-order valence-electron chi connectivity index (χ1n) is 6.71. The number of primary amides is 1. The Morgan fingerprint density at radius 2 is 1.90 bits per heavy atom. The van der Waals surface area contributed by atoms with Gasteiger partial charge in [0.25, 0.3) is 5.91 Å². The molecule has 2 rings (SSSR count). The summed E-state index contributed by atoms with van der Waals surface area (Å²) >= 11 is 5.87. The molecular weight excluding hydrogens is 286 g/mol. The summed E-state index contributed by atoms with van der Waals surface area (Å²) in [4.78, 5) is 11.4. The fourth-order valence-electron chi connectivity index (χ4n) is 2.10. The second kappa shape index (κ2) is 7.11. The van der Waals surface area contributed by atoms with Crippen LogP contribution in [-0.2, 0) is 0 Å². The molecule has 1 atom stereocenters. The number of amides is 1. The van der Waals surface area contributed by atoms with Crippen LogP contribution in [0.2, 0.25) is 5.02 Å². The molecule has 0 saturated heterocycles. The molecule has 0 spiro atoms. The van der Waals surface area contributed by atoms with Gasteiger partial charge >= 0.3 is 0 Å². The number of anilines is 1. The zero-order valence-electron chi connectivity index (χ0n) is 11.6. The minimum atomic E-state index is -0.507. The molecule has 0 fully saturated rings. The highest BCUT2D eigenvalue weighted by Gasteiger charge is 2.10. The Kier molecular flexibility index (Phi) is 5.20. The Morgan fingerprint density at radius 3 is 2.57 bits per heavy atom. The molecule has 0 aliphatic rings.